The van der Waals surface area contributed by atoms with Gasteiger partial charge in [0.25, 0.3) is 0 Å². The molecule has 0 amide bonds. The topological polar surface area (TPSA) is 24.5 Å². The first kappa shape index (κ1) is 16.7. The van der Waals surface area contributed by atoms with E-state index in [0.29, 0.717) is 11.3 Å². The van der Waals surface area contributed by atoms with Gasteiger partial charge < -0.3 is 15.0 Å². The minimum Gasteiger partial charge on any atom is -0.492 e. The number of ether oxygens (including phenoxy) is 1. The van der Waals surface area contributed by atoms with E-state index in [4.69, 9.17) is 4.74 Å². The van der Waals surface area contributed by atoms with Crippen LogP contribution in [0.5, 0.6) is 5.75 Å². The Morgan fingerprint density at radius 2 is 2.00 bits per heavy atom. The molecule has 3 nitrogen and oxygen atoms in total. The molecule has 0 saturated heterocycles. The molecule has 0 fully saturated rings. The summed E-state index contributed by atoms with van der Waals surface area (Å²) in [4.78, 5) is 2.48. The van der Waals surface area contributed by atoms with Crippen LogP contribution in [0.25, 0.3) is 0 Å². The number of thioether (sulfide) groups is 1. The van der Waals surface area contributed by atoms with Crippen LogP contribution in [0.4, 0.5) is 0 Å². The predicted molar refractivity (Wildman–Crippen MR) is 92.4 cm³/mol. The molecular formula is C17H28N2OS. The van der Waals surface area contributed by atoms with Gasteiger partial charge in [-0.3, -0.25) is 0 Å². The summed E-state index contributed by atoms with van der Waals surface area (Å²) in [7, 11) is 0. The van der Waals surface area contributed by atoms with E-state index in [-0.39, 0.29) is 0 Å². The Kier molecular flexibility index (Phi) is 6.87. The SMILES string of the molecule is CCNC1c2ccccc2OCC1SCCN(CC)CC. The molecule has 0 saturated carbocycles. The fourth-order valence-corrected chi connectivity index (χ4v) is 4.08. The second-order valence-corrected chi connectivity index (χ2v) is 6.67. The monoisotopic (exact) mass is 308 g/mol. The second-order valence-electron chi connectivity index (χ2n) is 5.32. The van der Waals surface area contributed by atoms with Crippen molar-refractivity contribution in [3.8, 4) is 5.75 Å². The maximum Gasteiger partial charge on any atom is 0.124 e. The van der Waals surface area contributed by atoms with Crippen LogP contribution in [0.1, 0.15) is 32.4 Å². The standard InChI is InChI=1S/C17H28N2OS/c1-4-18-17-14-9-7-8-10-15(14)20-13-16(17)21-12-11-19(5-2)6-3/h7-10,16-18H,4-6,11-13H2,1-3H3. The van der Waals surface area contributed by atoms with Crippen molar-refractivity contribution >= 4 is 11.8 Å². The molecule has 118 valence electrons. The highest BCUT2D eigenvalue weighted by Gasteiger charge is 2.30. The molecule has 21 heavy (non-hydrogen) atoms. The van der Waals surface area contributed by atoms with Crippen molar-refractivity contribution in [1.82, 2.24) is 10.2 Å². The van der Waals surface area contributed by atoms with Crippen molar-refractivity contribution in [3.63, 3.8) is 0 Å². The number of rotatable bonds is 8. The van der Waals surface area contributed by atoms with Crippen molar-refractivity contribution < 1.29 is 4.74 Å². The number of para-hydroxylation sites is 1. The van der Waals surface area contributed by atoms with Crippen molar-refractivity contribution in [2.45, 2.75) is 32.1 Å². The van der Waals surface area contributed by atoms with E-state index in [1.807, 2.05) is 11.8 Å². The van der Waals surface area contributed by atoms with Gasteiger partial charge in [-0.05, 0) is 25.7 Å². The van der Waals surface area contributed by atoms with E-state index < -0.39 is 0 Å². The van der Waals surface area contributed by atoms with Crippen LogP contribution in [0.3, 0.4) is 0 Å². The lowest BCUT2D eigenvalue weighted by molar-refractivity contribution is 0.261. The molecule has 0 radical (unpaired) electrons. The van der Waals surface area contributed by atoms with E-state index in [9.17, 15) is 0 Å². The quantitative estimate of drug-likeness (QED) is 0.797. The van der Waals surface area contributed by atoms with Crippen molar-refractivity contribution in [2.24, 2.45) is 0 Å². The summed E-state index contributed by atoms with van der Waals surface area (Å²) in [6.07, 6.45) is 0. The van der Waals surface area contributed by atoms with Gasteiger partial charge >= 0.3 is 0 Å². The molecular weight excluding hydrogens is 280 g/mol. The van der Waals surface area contributed by atoms with E-state index >= 15 is 0 Å². The van der Waals surface area contributed by atoms with Crippen LogP contribution in [-0.4, -0.2) is 48.7 Å². The van der Waals surface area contributed by atoms with Crippen LogP contribution in [-0.2, 0) is 0 Å². The first-order chi connectivity index (χ1) is 10.3. The zero-order valence-electron chi connectivity index (χ0n) is 13.5. The Morgan fingerprint density at radius 3 is 2.71 bits per heavy atom. The maximum atomic E-state index is 5.95. The third-order valence-corrected chi connectivity index (χ3v) is 5.34. The molecule has 2 unspecified atom stereocenters. The average molecular weight is 308 g/mol. The molecule has 1 aromatic carbocycles. The fourth-order valence-electron chi connectivity index (χ4n) is 2.82. The van der Waals surface area contributed by atoms with Gasteiger partial charge in [0.2, 0.25) is 0 Å². The highest BCUT2D eigenvalue weighted by Crippen LogP contribution is 2.37. The molecule has 1 N–H and O–H groups in total. The molecule has 2 rings (SSSR count). The molecule has 1 aliphatic rings. The average Bonchev–Trinajstić information content (AvgIpc) is 2.53. The van der Waals surface area contributed by atoms with Gasteiger partial charge in [0.15, 0.2) is 0 Å². The zero-order valence-corrected chi connectivity index (χ0v) is 14.3. The van der Waals surface area contributed by atoms with Crippen LogP contribution in [0.2, 0.25) is 0 Å². The maximum absolute atomic E-state index is 5.95. The third kappa shape index (κ3) is 4.38. The minimum absolute atomic E-state index is 0.404. The summed E-state index contributed by atoms with van der Waals surface area (Å²) in [5.41, 5.74) is 1.31. The Hall–Kier alpha value is -0.710. The number of benzene rings is 1. The van der Waals surface area contributed by atoms with E-state index in [1.54, 1.807) is 0 Å². The van der Waals surface area contributed by atoms with Gasteiger partial charge in [0.1, 0.15) is 12.4 Å². The molecule has 4 heteroatoms. The largest absolute Gasteiger partial charge is 0.492 e. The summed E-state index contributed by atoms with van der Waals surface area (Å²) < 4.78 is 5.95. The normalized spacial score (nSPS) is 21.1. The smallest absolute Gasteiger partial charge is 0.124 e. The minimum atomic E-state index is 0.404. The molecule has 0 spiro atoms. The lowest BCUT2D eigenvalue weighted by atomic mass is 10.0. The summed E-state index contributed by atoms with van der Waals surface area (Å²) in [6, 6.07) is 8.84. The lowest BCUT2D eigenvalue weighted by Crippen LogP contribution is -2.38. The van der Waals surface area contributed by atoms with E-state index in [1.165, 1.54) is 11.3 Å². The molecule has 2 atom stereocenters. The molecule has 0 aromatic heterocycles. The lowest BCUT2D eigenvalue weighted by Gasteiger charge is -2.34. The van der Waals surface area contributed by atoms with E-state index in [0.717, 1.165) is 38.5 Å². The molecule has 1 heterocycles. The Labute approximate surface area is 133 Å². The highest BCUT2D eigenvalue weighted by molar-refractivity contribution is 8.00. The molecule has 0 bridgehead atoms. The number of hydrogen-bond donors (Lipinski definition) is 1. The van der Waals surface area contributed by atoms with Gasteiger partial charge in [0, 0.05) is 17.9 Å². The number of nitrogens with one attached hydrogen (secondary N) is 1. The van der Waals surface area contributed by atoms with E-state index in [2.05, 4.69) is 55.3 Å². The van der Waals surface area contributed by atoms with Crippen molar-refractivity contribution in [1.29, 1.82) is 0 Å². The number of fused-ring (bicyclic) bond motifs is 1. The Balaban J connectivity index is 1.96. The highest BCUT2D eigenvalue weighted by atomic mass is 32.2. The Morgan fingerprint density at radius 1 is 1.24 bits per heavy atom. The van der Waals surface area contributed by atoms with Crippen LogP contribution in [0, 0.1) is 0 Å². The van der Waals surface area contributed by atoms with Gasteiger partial charge in [0.05, 0.1) is 11.3 Å². The summed E-state index contributed by atoms with van der Waals surface area (Å²) in [5, 5.41) is 4.14. The van der Waals surface area contributed by atoms with Gasteiger partial charge in [-0.15, -0.1) is 0 Å². The van der Waals surface area contributed by atoms with Crippen LogP contribution >= 0.6 is 11.8 Å². The molecule has 0 aliphatic carbocycles. The number of hydrogen-bond acceptors (Lipinski definition) is 4. The first-order valence-corrected chi connectivity index (χ1v) is 9.14. The molecule has 1 aliphatic heterocycles. The van der Waals surface area contributed by atoms with Gasteiger partial charge in [-0.2, -0.15) is 11.8 Å². The van der Waals surface area contributed by atoms with Gasteiger partial charge in [-0.25, -0.2) is 0 Å². The first-order valence-electron chi connectivity index (χ1n) is 8.09. The summed E-state index contributed by atoms with van der Waals surface area (Å²) in [5.74, 6) is 2.21. The zero-order chi connectivity index (χ0) is 15.1. The summed E-state index contributed by atoms with van der Waals surface area (Å²) >= 11 is 2.04. The molecule has 1 aromatic rings. The number of nitrogens with zero attached hydrogens (tertiary/aromatic N) is 1. The van der Waals surface area contributed by atoms with Crippen molar-refractivity contribution in [2.75, 3.05) is 38.5 Å². The van der Waals surface area contributed by atoms with Crippen molar-refractivity contribution in [3.05, 3.63) is 29.8 Å². The summed E-state index contributed by atoms with van der Waals surface area (Å²) in [6.45, 7) is 11.9. The van der Waals surface area contributed by atoms with Crippen LogP contribution in [0.15, 0.2) is 24.3 Å². The second kappa shape index (κ2) is 8.66. The predicted octanol–water partition coefficient (Wildman–Crippen LogP) is 3.17. The fraction of sp³-hybridized carbons (Fsp3) is 0.647. The van der Waals surface area contributed by atoms with Crippen LogP contribution < -0.4 is 10.1 Å². The third-order valence-electron chi connectivity index (χ3n) is 4.09. The Bertz CT molecular complexity index is 423. The van der Waals surface area contributed by atoms with Gasteiger partial charge in [-0.1, -0.05) is 39.0 Å².